The number of halogens is 4. The van der Waals surface area contributed by atoms with Crippen LogP contribution in [0.2, 0.25) is 10.2 Å². The summed E-state index contributed by atoms with van der Waals surface area (Å²) in [6.45, 7) is 0.741. The maximum atomic E-state index is 14.9. The van der Waals surface area contributed by atoms with Crippen molar-refractivity contribution in [2.24, 2.45) is 11.8 Å². The van der Waals surface area contributed by atoms with Crippen LogP contribution < -0.4 is 5.32 Å². The predicted molar refractivity (Wildman–Crippen MR) is 145 cm³/mol. The summed E-state index contributed by atoms with van der Waals surface area (Å²) in [4.78, 5) is 12.8. The second kappa shape index (κ2) is 10.3. The molecule has 0 spiro atoms. The molecular formula is C23H20B5ClF3NO5S. The number of aliphatic hydroxyl groups is 2. The summed E-state index contributed by atoms with van der Waals surface area (Å²) >= 11 is 6.45. The number of nitrogens with one attached hydrogen (secondary N) is 1. The van der Waals surface area contributed by atoms with E-state index in [2.05, 4.69) is 5.32 Å². The van der Waals surface area contributed by atoms with Gasteiger partial charge in [-0.3, -0.25) is 0 Å². The molecule has 0 aromatic heterocycles. The summed E-state index contributed by atoms with van der Waals surface area (Å²) < 4.78 is 59.1. The molecule has 4 rings (SSSR count). The molecule has 2 aromatic rings. The molecule has 3 N–H and O–H groups in total. The predicted octanol–water partition coefficient (Wildman–Crippen LogP) is 1.80. The molecule has 16 heteroatoms. The second-order valence-corrected chi connectivity index (χ2v) is 13.3. The van der Waals surface area contributed by atoms with Crippen molar-refractivity contribution in [3.05, 3.63) is 58.4 Å². The fourth-order valence-corrected chi connectivity index (χ4v) is 8.85. The zero-order valence-corrected chi connectivity index (χ0v) is 22.2. The summed E-state index contributed by atoms with van der Waals surface area (Å²) in [6.07, 6.45) is 0.485. The van der Waals surface area contributed by atoms with Crippen LogP contribution in [0.1, 0.15) is 30.1 Å². The zero-order chi connectivity index (χ0) is 29.1. The van der Waals surface area contributed by atoms with Crippen LogP contribution >= 0.6 is 11.6 Å². The molecule has 6 nitrogen and oxygen atoms in total. The summed E-state index contributed by atoms with van der Waals surface area (Å²) in [5, 5.41) is 21.4. The molecule has 6 atom stereocenters. The van der Waals surface area contributed by atoms with E-state index in [-0.39, 0.29) is 34.0 Å². The van der Waals surface area contributed by atoms with Gasteiger partial charge in [0.1, 0.15) is 0 Å². The van der Waals surface area contributed by atoms with Crippen molar-refractivity contribution in [2.75, 3.05) is 11.9 Å². The molecule has 0 saturated heterocycles. The van der Waals surface area contributed by atoms with Crippen molar-refractivity contribution < 1.29 is 37.0 Å². The van der Waals surface area contributed by atoms with E-state index in [0.717, 1.165) is 12.4 Å². The average molecular weight is 569 g/mol. The normalized spacial score (nSPS) is 32.4. The Labute approximate surface area is 235 Å². The first-order valence-electron chi connectivity index (χ1n) is 11.7. The van der Waals surface area contributed by atoms with Crippen LogP contribution in [0.3, 0.4) is 0 Å². The topological polar surface area (TPSA) is 95.9 Å². The van der Waals surface area contributed by atoms with Gasteiger partial charge < -0.3 is 0 Å². The Morgan fingerprint density at radius 1 is 1.26 bits per heavy atom. The fraction of sp³-hybridized carbons (Fsp3) is 0.435. The Morgan fingerprint density at radius 2 is 1.87 bits per heavy atom. The number of anilines is 1. The number of carbonyl (C=O) groups is 1. The molecule has 1 aliphatic carbocycles. The van der Waals surface area contributed by atoms with E-state index in [4.69, 9.17) is 47.6 Å². The van der Waals surface area contributed by atoms with Gasteiger partial charge in [-0.05, 0) is 0 Å². The number of carbonyl (C=O) groups excluding carboxylic acids is 1. The van der Waals surface area contributed by atoms with Crippen LogP contribution in [-0.4, -0.2) is 80.9 Å². The molecule has 8 radical (unpaired) electrons. The Kier molecular flexibility index (Phi) is 8.02. The number of fused-ring (bicyclic) bond motifs is 1. The third kappa shape index (κ3) is 5.14. The Balaban J connectivity index is 1.83. The van der Waals surface area contributed by atoms with Gasteiger partial charge in [-0.1, -0.05) is 0 Å². The van der Waals surface area contributed by atoms with E-state index < -0.39 is 72.6 Å². The minimum atomic E-state index is -3.76. The van der Waals surface area contributed by atoms with Crippen LogP contribution in [0.15, 0.2) is 35.2 Å². The minimum absolute atomic E-state index is 0.0770. The van der Waals surface area contributed by atoms with Gasteiger partial charge in [-0.15, -0.1) is 0 Å². The van der Waals surface area contributed by atoms with Gasteiger partial charge in [0, 0.05) is 0 Å². The Hall–Kier alpha value is -1.66. The van der Waals surface area contributed by atoms with Crippen LogP contribution in [0.5, 0.6) is 0 Å². The summed E-state index contributed by atoms with van der Waals surface area (Å²) in [7, 11) is 21.9. The van der Waals surface area contributed by atoms with Crippen molar-refractivity contribution in [3.63, 3.8) is 0 Å². The van der Waals surface area contributed by atoms with E-state index in [1.165, 1.54) is 19.1 Å². The van der Waals surface area contributed by atoms with Crippen molar-refractivity contribution in [1.82, 2.24) is 0 Å². The summed E-state index contributed by atoms with van der Waals surface area (Å²) in [5.74, 6) is -7.77. The third-order valence-electron chi connectivity index (χ3n) is 7.39. The Bertz CT molecular complexity index is 1430. The standard InChI is InChI=1S/C23H20B5ClF3NO5S/c1-21(25,26)17-8-22(36,9-34)7-12-19(24)38-28-39(37,23(12,17)27)16-4-10(2-3-13(16)29)20(35)33-11-5-14(30)18(32)15(31)6-11/h2-6,12,17,19,34,36H,7-9H2,1H3,(H,33,35)/t12-,17?,19?,22-,23+,39?/m0/s1. The van der Waals surface area contributed by atoms with Crippen LogP contribution in [0.25, 0.3) is 0 Å². The van der Waals surface area contributed by atoms with Crippen molar-refractivity contribution in [1.29, 1.82) is 0 Å². The van der Waals surface area contributed by atoms with E-state index in [1.54, 1.807) is 0 Å². The second-order valence-electron chi connectivity index (χ2n) is 10.3. The van der Waals surface area contributed by atoms with Gasteiger partial charge in [0.2, 0.25) is 0 Å². The van der Waals surface area contributed by atoms with E-state index in [9.17, 15) is 32.4 Å². The molecule has 2 aromatic carbocycles. The first-order chi connectivity index (χ1) is 18.0. The maximum absolute atomic E-state index is 14.9. The fourth-order valence-electron chi connectivity index (χ4n) is 5.37. The van der Waals surface area contributed by atoms with Gasteiger partial charge in [0.25, 0.3) is 0 Å². The van der Waals surface area contributed by atoms with Crippen LogP contribution in [0.4, 0.5) is 18.9 Å². The quantitative estimate of drug-likeness (QED) is 0.378. The number of hydrogen-bond acceptors (Lipinski definition) is 5. The zero-order valence-electron chi connectivity index (χ0n) is 20.7. The molecule has 1 fully saturated rings. The molecule has 0 bridgehead atoms. The van der Waals surface area contributed by atoms with Crippen molar-refractivity contribution in [2.45, 2.75) is 46.1 Å². The van der Waals surface area contributed by atoms with E-state index in [0.29, 0.717) is 12.1 Å². The molecule has 39 heavy (non-hydrogen) atoms. The molecular weight excluding hydrogens is 549 g/mol. The average Bonchev–Trinajstić information content (AvgIpc) is 2.85. The van der Waals surface area contributed by atoms with Gasteiger partial charge in [-0.2, -0.15) is 0 Å². The van der Waals surface area contributed by atoms with Gasteiger partial charge >= 0.3 is 236 Å². The van der Waals surface area contributed by atoms with Crippen LogP contribution in [0, 0.1) is 29.3 Å². The van der Waals surface area contributed by atoms with Crippen LogP contribution in [-0.2, 0) is 14.0 Å². The third-order valence-corrected chi connectivity index (χ3v) is 10.8. The first-order valence-corrected chi connectivity index (χ1v) is 13.7. The number of aliphatic hydroxyl groups excluding tert-OH is 1. The number of rotatable bonds is 5. The van der Waals surface area contributed by atoms with Crippen molar-refractivity contribution >= 4 is 70.3 Å². The van der Waals surface area contributed by atoms with Gasteiger partial charge in [0.15, 0.2) is 0 Å². The Morgan fingerprint density at radius 3 is 2.44 bits per heavy atom. The molecule has 2 aliphatic rings. The van der Waals surface area contributed by atoms with Crippen molar-refractivity contribution in [3.8, 4) is 0 Å². The molecule has 1 heterocycles. The summed E-state index contributed by atoms with van der Waals surface area (Å²) in [5.41, 5.74) is -2.22. The molecule has 3 unspecified atom stereocenters. The van der Waals surface area contributed by atoms with Gasteiger partial charge in [-0.25, -0.2) is 0 Å². The number of amides is 1. The number of hydrogen-bond donors (Lipinski definition) is 3. The molecule has 1 aliphatic heterocycles. The SMILES string of the molecule is [B]C1OB=S(=O)(c2cc(C(=O)Nc3cc(F)c(F)c(F)c3)ccc2Cl)[C@@]2([B])C(C([B])([B])C)C[C@](O)(CO)C[C@@H]12. The molecule has 1 saturated carbocycles. The van der Waals surface area contributed by atoms with Gasteiger partial charge in [0.05, 0.1) is 0 Å². The molecule has 1 amide bonds. The monoisotopic (exact) mass is 569 g/mol. The van der Waals surface area contributed by atoms with E-state index >= 15 is 0 Å². The molecule has 196 valence electrons. The summed E-state index contributed by atoms with van der Waals surface area (Å²) in [6, 6.07) is 3.70. The number of benzene rings is 2. The van der Waals surface area contributed by atoms with E-state index in [1.807, 2.05) is 0 Å². The first kappa shape index (κ1) is 30.3.